The van der Waals surface area contributed by atoms with Crippen molar-refractivity contribution < 1.29 is 4.79 Å². The lowest BCUT2D eigenvalue weighted by Crippen LogP contribution is -2.29. The van der Waals surface area contributed by atoms with Gasteiger partial charge in [0, 0.05) is 18.8 Å². The van der Waals surface area contributed by atoms with Gasteiger partial charge in [-0.05, 0) is 37.0 Å². The molecular weight excluding hydrogens is 244 g/mol. The van der Waals surface area contributed by atoms with E-state index in [4.69, 9.17) is 0 Å². The van der Waals surface area contributed by atoms with Gasteiger partial charge in [0.05, 0.1) is 5.56 Å². The molecule has 4 heteroatoms. The highest BCUT2D eigenvalue weighted by atomic mass is 32.2. The van der Waals surface area contributed by atoms with Crippen molar-refractivity contribution in [2.45, 2.75) is 13.8 Å². The molecule has 1 rings (SSSR count). The number of para-hydroxylation sites is 1. The second-order valence-corrected chi connectivity index (χ2v) is 5.26. The first kappa shape index (κ1) is 14.9. The van der Waals surface area contributed by atoms with Crippen molar-refractivity contribution in [2.75, 3.05) is 30.4 Å². The fourth-order valence-corrected chi connectivity index (χ4v) is 2.42. The molecule has 1 aromatic carbocycles. The summed E-state index contributed by atoms with van der Waals surface area (Å²) in [6, 6.07) is 7.61. The Bertz CT molecular complexity index is 382. The maximum atomic E-state index is 12.1. The Hall–Kier alpha value is -1.16. The van der Waals surface area contributed by atoms with Crippen LogP contribution >= 0.6 is 11.8 Å². The number of thioether (sulfide) groups is 1. The van der Waals surface area contributed by atoms with E-state index in [2.05, 4.69) is 23.8 Å². The lowest BCUT2D eigenvalue weighted by molar-refractivity contribution is 0.0950. The minimum atomic E-state index is -0.000460. The van der Waals surface area contributed by atoms with Crippen LogP contribution in [0.25, 0.3) is 0 Å². The van der Waals surface area contributed by atoms with Crippen molar-refractivity contribution in [3.8, 4) is 0 Å². The number of hydrogen-bond donors (Lipinski definition) is 2. The van der Waals surface area contributed by atoms with Crippen molar-refractivity contribution in [2.24, 2.45) is 5.92 Å². The Morgan fingerprint density at radius 1 is 1.39 bits per heavy atom. The van der Waals surface area contributed by atoms with Gasteiger partial charge in [-0.15, -0.1) is 0 Å². The highest BCUT2D eigenvalue weighted by Crippen LogP contribution is 2.14. The van der Waals surface area contributed by atoms with Gasteiger partial charge >= 0.3 is 0 Å². The molecule has 18 heavy (non-hydrogen) atoms. The van der Waals surface area contributed by atoms with Crippen molar-refractivity contribution >= 4 is 23.4 Å². The second-order valence-electron chi connectivity index (χ2n) is 4.35. The minimum absolute atomic E-state index is 0.000460. The third-order valence-corrected chi connectivity index (χ3v) is 3.50. The Kier molecular flexibility index (Phi) is 6.65. The summed E-state index contributed by atoms with van der Waals surface area (Å²) in [5.41, 5.74) is 1.62. The third kappa shape index (κ3) is 4.61. The molecule has 0 heterocycles. The molecule has 0 saturated carbocycles. The summed E-state index contributed by atoms with van der Waals surface area (Å²) in [6.07, 6.45) is 2.08. The number of benzene rings is 1. The molecule has 100 valence electrons. The summed E-state index contributed by atoms with van der Waals surface area (Å²) in [6.45, 7) is 5.70. The quantitative estimate of drug-likeness (QED) is 0.797. The molecule has 0 aliphatic carbocycles. The molecule has 1 atom stereocenters. The lowest BCUT2D eigenvalue weighted by atomic mass is 10.1. The van der Waals surface area contributed by atoms with Crippen molar-refractivity contribution in [1.82, 2.24) is 5.32 Å². The number of rotatable bonds is 7. The zero-order valence-corrected chi connectivity index (χ0v) is 12.1. The average molecular weight is 266 g/mol. The van der Waals surface area contributed by atoms with Gasteiger partial charge in [-0.2, -0.15) is 11.8 Å². The topological polar surface area (TPSA) is 41.1 Å². The van der Waals surface area contributed by atoms with Crippen LogP contribution < -0.4 is 10.6 Å². The molecule has 0 aliphatic rings. The molecule has 3 nitrogen and oxygen atoms in total. The molecule has 1 unspecified atom stereocenters. The normalized spacial score (nSPS) is 11.9. The lowest BCUT2D eigenvalue weighted by Gasteiger charge is -2.13. The fraction of sp³-hybridized carbons (Fsp3) is 0.500. The molecule has 0 aliphatic heterocycles. The number of nitrogens with one attached hydrogen (secondary N) is 2. The predicted octanol–water partition coefficient (Wildman–Crippen LogP) is 2.85. The van der Waals surface area contributed by atoms with Gasteiger partial charge in [0.15, 0.2) is 0 Å². The van der Waals surface area contributed by atoms with E-state index >= 15 is 0 Å². The smallest absolute Gasteiger partial charge is 0.253 e. The number of amides is 1. The van der Waals surface area contributed by atoms with Crippen molar-refractivity contribution in [3.05, 3.63) is 29.8 Å². The average Bonchev–Trinajstić information content (AvgIpc) is 2.37. The van der Waals surface area contributed by atoms with Crippen LogP contribution in [0.5, 0.6) is 0 Å². The summed E-state index contributed by atoms with van der Waals surface area (Å²) in [5, 5.41) is 6.19. The molecule has 0 radical (unpaired) electrons. The van der Waals surface area contributed by atoms with Crippen molar-refractivity contribution in [3.63, 3.8) is 0 Å². The van der Waals surface area contributed by atoms with Crippen molar-refractivity contribution in [1.29, 1.82) is 0 Å². The molecular formula is C14H22N2OS. The van der Waals surface area contributed by atoms with E-state index in [1.165, 1.54) is 0 Å². The van der Waals surface area contributed by atoms with Gasteiger partial charge in [0.1, 0.15) is 0 Å². The van der Waals surface area contributed by atoms with Crippen LogP contribution in [0.1, 0.15) is 24.2 Å². The first-order valence-corrected chi connectivity index (χ1v) is 7.68. The highest BCUT2D eigenvalue weighted by Gasteiger charge is 2.11. The molecule has 2 N–H and O–H groups in total. The summed E-state index contributed by atoms with van der Waals surface area (Å²) >= 11 is 1.80. The Balaban J connectivity index is 2.60. The second kappa shape index (κ2) is 8.03. The van der Waals surface area contributed by atoms with E-state index in [0.717, 1.165) is 30.1 Å². The molecule has 0 spiro atoms. The van der Waals surface area contributed by atoms with E-state index in [-0.39, 0.29) is 5.91 Å². The van der Waals surface area contributed by atoms with Crippen LogP contribution in [0.2, 0.25) is 0 Å². The van der Waals surface area contributed by atoms with Gasteiger partial charge in [-0.1, -0.05) is 19.1 Å². The third-order valence-electron chi connectivity index (χ3n) is 2.60. The molecule has 0 bridgehead atoms. The van der Waals surface area contributed by atoms with Gasteiger partial charge in [-0.3, -0.25) is 4.79 Å². The Labute approximate surface area is 114 Å². The van der Waals surface area contributed by atoms with E-state index < -0.39 is 0 Å². The van der Waals surface area contributed by atoms with Gasteiger partial charge in [0.2, 0.25) is 0 Å². The largest absolute Gasteiger partial charge is 0.385 e. The minimum Gasteiger partial charge on any atom is -0.385 e. The van der Waals surface area contributed by atoms with Gasteiger partial charge in [-0.25, -0.2) is 0 Å². The fourth-order valence-electron chi connectivity index (χ4n) is 1.73. The van der Waals surface area contributed by atoms with Crippen LogP contribution in [0.15, 0.2) is 24.3 Å². The van der Waals surface area contributed by atoms with Crippen LogP contribution in [0.3, 0.4) is 0 Å². The summed E-state index contributed by atoms with van der Waals surface area (Å²) < 4.78 is 0. The number of carbonyl (C=O) groups excluding carboxylic acids is 1. The maximum absolute atomic E-state index is 12.1. The molecule has 1 amide bonds. The Morgan fingerprint density at radius 2 is 2.11 bits per heavy atom. The summed E-state index contributed by atoms with van der Waals surface area (Å²) in [5.74, 6) is 1.56. The zero-order chi connectivity index (χ0) is 13.4. The van der Waals surface area contributed by atoms with Crippen LogP contribution in [-0.4, -0.2) is 31.0 Å². The molecule has 0 aromatic heterocycles. The number of carbonyl (C=O) groups is 1. The SMILES string of the molecule is CCNc1ccccc1C(=O)NCC(C)CSC. The standard InChI is InChI=1S/C14H22N2OS/c1-4-15-13-8-6-5-7-12(13)14(17)16-9-11(2)10-18-3/h5-8,11,15H,4,9-10H2,1-3H3,(H,16,17). The zero-order valence-electron chi connectivity index (χ0n) is 11.3. The Morgan fingerprint density at radius 3 is 2.78 bits per heavy atom. The maximum Gasteiger partial charge on any atom is 0.253 e. The number of hydrogen-bond acceptors (Lipinski definition) is 3. The molecule has 1 aromatic rings. The predicted molar refractivity (Wildman–Crippen MR) is 80.5 cm³/mol. The van der Waals surface area contributed by atoms with Gasteiger partial charge < -0.3 is 10.6 Å². The van der Waals surface area contributed by atoms with E-state index in [0.29, 0.717) is 5.92 Å². The number of anilines is 1. The molecule has 0 fully saturated rings. The first-order valence-electron chi connectivity index (χ1n) is 6.29. The van der Waals surface area contributed by atoms with Crippen LogP contribution in [0, 0.1) is 5.92 Å². The highest BCUT2D eigenvalue weighted by molar-refractivity contribution is 7.98. The molecule has 0 saturated heterocycles. The van der Waals surface area contributed by atoms with Crippen LogP contribution in [0.4, 0.5) is 5.69 Å². The van der Waals surface area contributed by atoms with E-state index in [9.17, 15) is 4.79 Å². The monoisotopic (exact) mass is 266 g/mol. The van der Waals surface area contributed by atoms with Gasteiger partial charge in [0.25, 0.3) is 5.91 Å². The van der Waals surface area contributed by atoms with E-state index in [1.807, 2.05) is 31.2 Å². The van der Waals surface area contributed by atoms with Crippen LogP contribution in [-0.2, 0) is 0 Å². The van der Waals surface area contributed by atoms with E-state index in [1.54, 1.807) is 11.8 Å². The summed E-state index contributed by atoms with van der Waals surface area (Å²) in [7, 11) is 0. The summed E-state index contributed by atoms with van der Waals surface area (Å²) in [4.78, 5) is 12.1. The first-order chi connectivity index (χ1) is 8.69.